The molecular formula is C13H21N3. The zero-order chi connectivity index (χ0) is 11.7. The molecule has 1 aromatic rings. The Morgan fingerprint density at radius 2 is 1.62 bits per heavy atom. The van der Waals surface area contributed by atoms with Crippen LogP contribution < -0.4 is 5.32 Å². The summed E-state index contributed by atoms with van der Waals surface area (Å²) in [7, 11) is 0. The first kappa shape index (κ1) is 11.4. The molecule has 2 heterocycles. The summed E-state index contributed by atoms with van der Waals surface area (Å²) >= 11 is 0. The number of hydrogen-bond donors (Lipinski definition) is 1. The minimum Gasteiger partial charge on any atom is -0.383 e. The first-order valence-corrected chi connectivity index (χ1v) is 6.24. The van der Waals surface area contributed by atoms with Gasteiger partial charge < -0.3 is 5.32 Å². The van der Waals surface area contributed by atoms with Gasteiger partial charge in [-0.3, -0.25) is 0 Å². The van der Waals surface area contributed by atoms with E-state index in [4.69, 9.17) is 0 Å². The lowest BCUT2D eigenvalue weighted by Crippen LogP contribution is -2.19. The molecule has 1 aliphatic rings. The van der Waals surface area contributed by atoms with E-state index in [0.29, 0.717) is 11.8 Å². The van der Waals surface area contributed by atoms with Gasteiger partial charge in [0.05, 0.1) is 17.1 Å². The van der Waals surface area contributed by atoms with Crippen LogP contribution in [0.5, 0.6) is 0 Å². The number of aromatic nitrogens is 2. The Hall–Kier alpha value is -1.12. The van der Waals surface area contributed by atoms with Gasteiger partial charge in [-0.05, 0) is 24.7 Å². The predicted octanol–water partition coefficient (Wildman–Crippen LogP) is 3.08. The molecular weight excluding hydrogens is 198 g/mol. The van der Waals surface area contributed by atoms with Crippen molar-refractivity contribution >= 4 is 5.69 Å². The minimum absolute atomic E-state index is 0.438. The second-order valence-corrected chi connectivity index (χ2v) is 5.16. The molecule has 0 unspecified atom stereocenters. The van der Waals surface area contributed by atoms with E-state index < -0.39 is 0 Å². The molecule has 0 amide bonds. The summed E-state index contributed by atoms with van der Waals surface area (Å²) in [6.45, 7) is 9.79. The van der Waals surface area contributed by atoms with E-state index >= 15 is 0 Å². The molecule has 0 aromatic carbocycles. The highest BCUT2D eigenvalue weighted by Crippen LogP contribution is 2.33. The van der Waals surface area contributed by atoms with Gasteiger partial charge in [-0.1, -0.05) is 27.7 Å². The zero-order valence-corrected chi connectivity index (χ0v) is 10.7. The van der Waals surface area contributed by atoms with Crippen LogP contribution in [0.15, 0.2) is 0 Å². The maximum atomic E-state index is 4.42. The Morgan fingerprint density at radius 3 is 2.25 bits per heavy atom. The monoisotopic (exact) mass is 219 g/mol. The highest BCUT2D eigenvalue weighted by atomic mass is 15.1. The average molecular weight is 219 g/mol. The van der Waals surface area contributed by atoms with Crippen LogP contribution in [0.25, 0.3) is 0 Å². The Kier molecular flexibility index (Phi) is 3.13. The lowest BCUT2D eigenvalue weighted by atomic mass is 9.93. The van der Waals surface area contributed by atoms with E-state index in [1.165, 1.54) is 23.4 Å². The molecule has 0 saturated carbocycles. The van der Waals surface area contributed by atoms with E-state index in [9.17, 15) is 0 Å². The van der Waals surface area contributed by atoms with E-state index in [0.717, 1.165) is 18.7 Å². The molecule has 0 spiro atoms. The van der Waals surface area contributed by atoms with Crippen LogP contribution in [0.2, 0.25) is 0 Å². The number of rotatable bonds is 2. The number of hydrogen-bond acceptors (Lipinski definition) is 3. The van der Waals surface area contributed by atoms with Crippen molar-refractivity contribution in [3.05, 3.63) is 17.0 Å². The molecule has 88 valence electrons. The molecule has 0 radical (unpaired) electrons. The average Bonchev–Trinajstić information content (AvgIpc) is 2.27. The third-order valence-electron chi connectivity index (χ3n) is 3.13. The fraction of sp³-hybridized carbons (Fsp3) is 0.692. The van der Waals surface area contributed by atoms with E-state index in [2.05, 4.69) is 43.2 Å². The fourth-order valence-electron chi connectivity index (χ4n) is 2.30. The summed E-state index contributed by atoms with van der Waals surface area (Å²) in [6.07, 6.45) is 2.35. The van der Waals surface area contributed by atoms with Gasteiger partial charge in [0.2, 0.25) is 0 Å². The Bertz CT molecular complexity index is 346. The highest BCUT2D eigenvalue weighted by Gasteiger charge is 2.21. The van der Waals surface area contributed by atoms with Crippen molar-refractivity contribution in [2.24, 2.45) is 0 Å². The van der Waals surface area contributed by atoms with Crippen LogP contribution in [-0.2, 0) is 6.42 Å². The van der Waals surface area contributed by atoms with Crippen molar-refractivity contribution in [1.29, 1.82) is 0 Å². The molecule has 16 heavy (non-hydrogen) atoms. The quantitative estimate of drug-likeness (QED) is 0.830. The van der Waals surface area contributed by atoms with Crippen LogP contribution in [0, 0.1) is 0 Å². The molecule has 0 fully saturated rings. The number of anilines is 1. The van der Waals surface area contributed by atoms with Gasteiger partial charge in [-0.15, -0.1) is 0 Å². The van der Waals surface area contributed by atoms with Crippen LogP contribution in [-0.4, -0.2) is 16.7 Å². The first-order valence-electron chi connectivity index (χ1n) is 6.24. The molecule has 3 heteroatoms. The molecule has 0 bridgehead atoms. The first-order chi connectivity index (χ1) is 7.61. The van der Waals surface area contributed by atoms with Gasteiger partial charge >= 0.3 is 0 Å². The summed E-state index contributed by atoms with van der Waals surface area (Å²) in [4.78, 5) is 0. The number of fused-ring (bicyclic) bond motifs is 1. The maximum absolute atomic E-state index is 4.42. The summed E-state index contributed by atoms with van der Waals surface area (Å²) in [5.41, 5.74) is 4.96. The van der Waals surface area contributed by atoms with Gasteiger partial charge in [0.15, 0.2) is 0 Å². The molecule has 0 aliphatic carbocycles. The third-order valence-corrected chi connectivity index (χ3v) is 3.13. The van der Waals surface area contributed by atoms with Crippen molar-refractivity contribution in [2.75, 3.05) is 11.9 Å². The maximum Gasteiger partial charge on any atom is 0.0890 e. The van der Waals surface area contributed by atoms with Crippen molar-refractivity contribution in [3.8, 4) is 0 Å². The molecule has 0 saturated heterocycles. The normalized spacial score (nSPS) is 15.1. The van der Waals surface area contributed by atoms with Gasteiger partial charge in [0.1, 0.15) is 0 Å². The van der Waals surface area contributed by atoms with Gasteiger partial charge in [-0.2, -0.15) is 10.2 Å². The van der Waals surface area contributed by atoms with E-state index in [1.807, 2.05) is 0 Å². The molecule has 1 aromatic heterocycles. The Labute approximate surface area is 97.7 Å². The van der Waals surface area contributed by atoms with Crippen molar-refractivity contribution in [1.82, 2.24) is 10.2 Å². The zero-order valence-electron chi connectivity index (χ0n) is 10.7. The summed E-state index contributed by atoms with van der Waals surface area (Å²) in [5, 5.41) is 12.3. The van der Waals surface area contributed by atoms with Crippen molar-refractivity contribution in [2.45, 2.75) is 52.4 Å². The lowest BCUT2D eigenvalue weighted by molar-refractivity contribution is 0.691. The van der Waals surface area contributed by atoms with E-state index in [1.54, 1.807) is 0 Å². The van der Waals surface area contributed by atoms with Gasteiger partial charge in [-0.25, -0.2) is 0 Å². The van der Waals surface area contributed by atoms with Crippen molar-refractivity contribution < 1.29 is 0 Å². The topological polar surface area (TPSA) is 37.8 Å². The predicted molar refractivity (Wildman–Crippen MR) is 67.0 cm³/mol. The van der Waals surface area contributed by atoms with Crippen molar-refractivity contribution in [3.63, 3.8) is 0 Å². The minimum atomic E-state index is 0.438. The second kappa shape index (κ2) is 4.40. The largest absolute Gasteiger partial charge is 0.383 e. The van der Waals surface area contributed by atoms with Crippen LogP contribution in [0.1, 0.15) is 62.9 Å². The standard InChI is InChI=1S/C13H21N3/c1-8(2)11-10-6-5-7-14-13(10)12(9(3)4)16-15-11/h8-9,14H,5-7H2,1-4H3. The third kappa shape index (κ3) is 1.91. The lowest BCUT2D eigenvalue weighted by Gasteiger charge is -2.24. The van der Waals surface area contributed by atoms with Gasteiger partial charge in [0, 0.05) is 12.1 Å². The second-order valence-electron chi connectivity index (χ2n) is 5.16. The van der Waals surface area contributed by atoms with Gasteiger partial charge in [0.25, 0.3) is 0 Å². The molecule has 0 atom stereocenters. The molecule has 3 nitrogen and oxygen atoms in total. The van der Waals surface area contributed by atoms with Crippen LogP contribution >= 0.6 is 0 Å². The molecule has 2 rings (SSSR count). The summed E-state index contributed by atoms with van der Waals surface area (Å²) < 4.78 is 0. The molecule has 1 aliphatic heterocycles. The van der Waals surface area contributed by atoms with Crippen LogP contribution in [0.4, 0.5) is 5.69 Å². The van der Waals surface area contributed by atoms with E-state index in [-0.39, 0.29) is 0 Å². The molecule has 1 N–H and O–H groups in total. The SMILES string of the molecule is CC(C)c1nnc(C(C)C)c2c1CCCN2. The number of nitrogens with one attached hydrogen (secondary N) is 1. The Morgan fingerprint density at radius 1 is 1.00 bits per heavy atom. The van der Waals surface area contributed by atoms with Crippen LogP contribution in [0.3, 0.4) is 0 Å². The summed E-state index contributed by atoms with van der Waals surface area (Å²) in [6, 6.07) is 0. The fourth-order valence-corrected chi connectivity index (χ4v) is 2.30. The number of nitrogens with zero attached hydrogens (tertiary/aromatic N) is 2. The Balaban J connectivity index is 2.54. The highest BCUT2D eigenvalue weighted by molar-refractivity contribution is 5.59. The smallest absolute Gasteiger partial charge is 0.0890 e. The summed E-state index contributed by atoms with van der Waals surface area (Å²) in [5.74, 6) is 0.899.